The summed E-state index contributed by atoms with van der Waals surface area (Å²) in [6.45, 7) is 2.24. The van der Waals surface area contributed by atoms with E-state index in [1.807, 2.05) is 0 Å². The SMILES string of the molecule is Cc1nc2c(OCc3c(F)cccc3F)cccn2c1C(=O)N[C@](C)(CO)c1nc(CO)cs1. The average Bonchev–Trinajstić information content (AvgIpc) is 3.43. The highest BCUT2D eigenvalue weighted by molar-refractivity contribution is 7.09. The number of benzene rings is 1. The second-order valence-corrected chi connectivity index (χ2v) is 8.71. The highest BCUT2D eigenvalue weighted by Crippen LogP contribution is 2.27. The number of amides is 1. The summed E-state index contributed by atoms with van der Waals surface area (Å²) in [5.41, 5.74) is -0.0767. The number of hydrogen-bond acceptors (Lipinski definition) is 7. The van der Waals surface area contributed by atoms with Crippen LogP contribution in [0, 0.1) is 18.6 Å². The largest absolute Gasteiger partial charge is 0.485 e. The van der Waals surface area contributed by atoms with Gasteiger partial charge in [-0.1, -0.05) is 6.07 Å². The number of fused-ring (bicyclic) bond motifs is 1. The van der Waals surface area contributed by atoms with E-state index >= 15 is 0 Å². The predicted molar refractivity (Wildman–Crippen MR) is 121 cm³/mol. The molecule has 3 N–H and O–H groups in total. The molecule has 0 spiro atoms. The zero-order valence-corrected chi connectivity index (χ0v) is 19.2. The number of carbonyl (C=O) groups excluding carboxylic acids is 1. The Morgan fingerprint density at radius 1 is 1.21 bits per heavy atom. The van der Waals surface area contributed by atoms with Crippen molar-refractivity contribution < 1.29 is 28.5 Å². The smallest absolute Gasteiger partial charge is 0.271 e. The standard InChI is InChI=1S/C23H22F2N4O4S/c1-13-19(21(32)28-23(2,12-31)22-27-14(9-30)11-34-22)29-8-4-7-18(20(29)26-13)33-10-15-16(24)5-3-6-17(15)25/h3-8,11,30-31H,9-10,12H2,1-2H3,(H,28,32)/t23-/m1/s1. The number of nitrogens with one attached hydrogen (secondary N) is 1. The number of ether oxygens (including phenoxy) is 1. The molecule has 1 amide bonds. The van der Waals surface area contributed by atoms with Crippen LogP contribution in [0.2, 0.25) is 0 Å². The minimum Gasteiger partial charge on any atom is -0.485 e. The zero-order valence-electron chi connectivity index (χ0n) is 18.4. The van der Waals surface area contributed by atoms with Gasteiger partial charge in [0.2, 0.25) is 0 Å². The average molecular weight is 489 g/mol. The summed E-state index contributed by atoms with van der Waals surface area (Å²) in [4.78, 5) is 21.9. The van der Waals surface area contributed by atoms with Gasteiger partial charge in [0.15, 0.2) is 11.4 Å². The summed E-state index contributed by atoms with van der Waals surface area (Å²) in [5, 5.41) is 24.2. The lowest BCUT2D eigenvalue weighted by atomic mass is 10.0. The molecule has 4 rings (SSSR count). The Kier molecular flexibility index (Phi) is 6.60. The van der Waals surface area contributed by atoms with Gasteiger partial charge in [0, 0.05) is 11.6 Å². The number of halogens is 2. The summed E-state index contributed by atoms with van der Waals surface area (Å²) in [7, 11) is 0. The lowest BCUT2D eigenvalue weighted by molar-refractivity contribution is 0.0842. The molecule has 0 bridgehead atoms. The molecule has 8 nitrogen and oxygen atoms in total. The number of hydrogen-bond donors (Lipinski definition) is 3. The van der Waals surface area contributed by atoms with Gasteiger partial charge >= 0.3 is 0 Å². The van der Waals surface area contributed by atoms with Gasteiger partial charge in [-0.2, -0.15) is 0 Å². The first-order valence-electron chi connectivity index (χ1n) is 10.3. The van der Waals surface area contributed by atoms with Crippen LogP contribution in [0.5, 0.6) is 5.75 Å². The van der Waals surface area contributed by atoms with Crippen molar-refractivity contribution in [1.82, 2.24) is 19.7 Å². The maximum Gasteiger partial charge on any atom is 0.271 e. The molecule has 11 heteroatoms. The second kappa shape index (κ2) is 9.45. The number of aliphatic hydroxyl groups is 2. The second-order valence-electron chi connectivity index (χ2n) is 7.85. The van der Waals surface area contributed by atoms with Crippen LogP contribution in [0.25, 0.3) is 5.65 Å². The third-order valence-corrected chi connectivity index (χ3v) is 6.48. The molecule has 0 aliphatic rings. The lowest BCUT2D eigenvalue weighted by Gasteiger charge is -2.26. The van der Waals surface area contributed by atoms with Gasteiger partial charge < -0.3 is 20.3 Å². The van der Waals surface area contributed by atoms with Crippen molar-refractivity contribution >= 4 is 22.9 Å². The molecule has 0 radical (unpaired) electrons. The molecular formula is C23H22F2N4O4S. The number of rotatable bonds is 8. The minimum atomic E-state index is -1.19. The Morgan fingerprint density at radius 2 is 1.94 bits per heavy atom. The molecule has 3 aromatic heterocycles. The van der Waals surface area contributed by atoms with E-state index in [1.54, 1.807) is 37.6 Å². The first kappa shape index (κ1) is 23.7. The van der Waals surface area contributed by atoms with E-state index < -0.39 is 29.7 Å². The van der Waals surface area contributed by atoms with E-state index in [0.29, 0.717) is 22.0 Å². The number of aliphatic hydroxyl groups excluding tert-OH is 2. The molecule has 0 fully saturated rings. The topological polar surface area (TPSA) is 109 Å². The van der Waals surface area contributed by atoms with Crippen LogP contribution in [0.1, 0.15) is 39.4 Å². The van der Waals surface area contributed by atoms with Crippen molar-refractivity contribution in [2.75, 3.05) is 6.61 Å². The first-order valence-corrected chi connectivity index (χ1v) is 11.2. The molecule has 0 unspecified atom stereocenters. The van der Waals surface area contributed by atoms with Crippen molar-refractivity contribution in [3.05, 3.63) is 81.2 Å². The van der Waals surface area contributed by atoms with Crippen LogP contribution in [0.4, 0.5) is 8.78 Å². The van der Waals surface area contributed by atoms with Crippen LogP contribution < -0.4 is 10.1 Å². The molecule has 34 heavy (non-hydrogen) atoms. The Bertz CT molecular complexity index is 1340. The summed E-state index contributed by atoms with van der Waals surface area (Å²) >= 11 is 1.21. The molecule has 0 saturated heterocycles. The van der Waals surface area contributed by atoms with Gasteiger partial charge in [-0.3, -0.25) is 9.20 Å². The van der Waals surface area contributed by atoms with Crippen molar-refractivity contribution in [1.29, 1.82) is 0 Å². The maximum atomic E-state index is 14.0. The van der Waals surface area contributed by atoms with Crippen molar-refractivity contribution in [2.24, 2.45) is 0 Å². The summed E-state index contributed by atoms with van der Waals surface area (Å²) in [5.74, 6) is -1.72. The van der Waals surface area contributed by atoms with E-state index in [1.165, 1.54) is 21.8 Å². The summed E-state index contributed by atoms with van der Waals surface area (Å²) < 4.78 is 35.1. The van der Waals surface area contributed by atoms with Gasteiger partial charge in [0.05, 0.1) is 30.2 Å². The fourth-order valence-corrected chi connectivity index (χ4v) is 4.39. The molecule has 3 heterocycles. The highest BCUT2D eigenvalue weighted by Gasteiger charge is 2.33. The fourth-order valence-electron chi connectivity index (χ4n) is 3.47. The number of imidazole rings is 1. The van der Waals surface area contributed by atoms with Crippen molar-refractivity contribution in [3.63, 3.8) is 0 Å². The van der Waals surface area contributed by atoms with Crippen LogP contribution in [0.3, 0.4) is 0 Å². The van der Waals surface area contributed by atoms with E-state index in [-0.39, 0.29) is 30.2 Å². The normalized spacial score (nSPS) is 13.1. The van der Waals surface area contributed by atoms with Crippen molar-refractivity contribution in [2.45, 2.75) is 32.6 Å². The summed E-state index contributed by atoms with van der Waals surface area (Å²) in [6, 6.07) is 6.78. The monoisotopic (exact) mass is 488 g/mol. The van der Waals surface area contributed by atoms with Gasteiger partial charge in [-0.15, -0.1) is 11.3 Å². The number of thiazole rings is 1. The summed E-state index contributed by atoms with van der Waals surface area (Å²) in [6.07, 6.45) is 1.62. The van der Waals surface area contributed by atoms with Gasteiger partial charge in [0.25, 0.3) is 5.91 Å². The van der Waals surface area contributed by atoms with Crippen LogP contribution in [0.15, 0.2) is 41.9 Å². The molecule has 0 aliphatic heterocycles. The molecule has 1 aromatic carbocycles. The van der Waals surface area contributed by atoms with Crippen LogP contribution in [-0.4, -0.2) is 37.1 Å². The van der Waals surface area contributed by atoms with Gasteiger partial charge in [0.1, 0.15) is 34.5 Å². The molecule has 4 aromatic rings. The lowest BCUT2D eigenvalue weighted by Crippen LogP contribution is -2.46. The maximum absolute atomic E-state index is 14.0. The Labute approximate surface area is 197 Å². The highest BCUT2D eigenvalue weighted by atomic mass is 32.1. The predicted octanol–water partition coefficient (Wildman–Crippen LogP) is 3.09. The minimum absolute atomic E-state index is 0.205. The van der Waals surface area contributed by atoms with Gasteiger partial charge in [-0.05, 0) is 38.1 Å². The Balaban J connectivity index is 1.63. The number of aryl methyl sites for hydroxylation is 1. The quantitative estimate of drug-likeness (QED) is 0.352. The third kappa shape index (κ3) is 4.37. The zero-order chi connectivity index (χ0) is 24.5. The molecule has 178 valence electrons. The third-order valence-electron chi connectivity index (χ3n) is 5.33. The molecule has 0 aliphatic carbocycles. The van der Waals surface area contributed by atoms with Gasteiger partial charge in [-0.25, -0.2) is 18.7 Å². The molecule has 0 saturated carbocycles. The molecule has 1 atom stereocenters. The fraction of sp³-hybridized carbons (Fsp3) is 0.261. The van der Waals surface area contributed by atoms with E-state index in [2.05, 4.69) is 15.3 Å². The van der Waals surface area contributed by atoms with E-state index in [0.717, 1.165) is 12.1 Å². The Hall–Kier alpha value is -3.41. The van der Waals surface area contributed by atoms with Crippen LogP contribution in [-0.2, 0) is 18.8 Å². The number of aromatic nitrogens is 3. The number of pyridine rings is 1. The Morgan fingerprint density at radius 3 is 2.59 bits per heavy atom. The van der Waals surface area contributed by atoms with Crippen molar-refractivity contribution in [3.8, 4) is 5.75 Å². The van der Waals surface area contributed by atoms with E-state index in [9.17, 15) is 23.8 Å². The van der Waals surface area contributed by atoms with Crippen LogP contribution >= 0.6 is 11.3 Å². The number of carbonyl (C=O) groups is 1. The first-order chi connectivity index (χ1) is 16.3. The molecular weight excluding hydrogens is 466 g/mol. The number of nitrogens with zero attached hydrogens (tertiary/aromatic N) is 3. The van der Waals surface area contributed by atoms with E-state index in [4.69, 9.17) is 4.74 Å².